The van der Waals surface area contributed by atoms with Gasteiger partial charge in [0, 0.05) is 29.7 Å². The van der Waals surface area contributed by atoms with Gasteiger partial charge in [0.15, 0.2) is 5.78 Å². The Labute approximate surface area is 664 Å². The van der Waals surface area contributed by atoms with Crippen molar-refractivity contribution < 1.29 is 132 Å². The summed E-state index contributed by atoms with van der Waals surface area (Å²) in [5.41, 5.74) is -0.547. The molecule has 116 heavy (non-hydrogen) atoms. The lowest BCUT2D eigenvalue weighted by atomic mass is 10.0. The summed E-state index contributed by atoms with van der Waals surface area (Å²) in [6.07, 6.45) is -22.8. The lowest BCUT2D eigenvalue weighted by Gasteiger charge is -2.32. The number of carbonyl (C=O) groups excluding carboxylic acids is 5. The number of morpholine rings is 5. The number of benzene rings is 5. The molecule has 6 unspecified atom stereocenters. The zero-order valence-corrected chi connectivity index (χ0v) is 66.5. The second-order valence-corrected chi connectivity index (χ2v) is 30.0. The molecule has 0 spiro atoms. The SMILES string of the molecule is CC(COCC(=O)c1ccc(C(F)(F)F)cc1)NC(=O)OC(C)(C)C.CC1COCC(=O)N1.CC1COCC(=O)N1C(=O)OC(C)(C)C.CC1COCC(c2ccc(C(F)(F)F)cc2)=N1.CC1COCC(c2ccc(C(F)(F)F)cc2)N1.C[C@@H]1COC[C@H](c2ccc(C(F)(F)F)cc2)N1.C[C@H]1COC[C@H](c2ccc(C(F)(F)F)cc2)N1. The zero-order chi connectivity index (χ0) is 86.7. The van der Waals surface area contributed by atoms with Crippen LogP contribution < -0.4 is 26.6 Å². The molecule has 6 aliphatic heterocycles. The minimum Gasteiger partial charge on any atom is -0.444 e. The van der Waals surface area contributed by atoms with Crippen molar-refractivity contribution in [1.29, 1.82) is 0 Å². The van der Waals surface area contributed by atoms with E-state index in [1.807, 2.05) is 34.6 Å². The minimum atomic E-state index is -4.44. The summed E-state index contributed by atoms with van der Waals surface area (Å²) in [6.45, 7) is 28.9. The number of aliphatic imine (C=N–C) groups is 1. The highest BCUT2D eigenvalue weighted by molar-refractivity contribution is 6.02. The number of ketones is 1. The van der Waals surface area contributed by atoms with E-state index in [4.69, 9.17) is 42.6 Å². The molecule has 5 N–H and O–H groups in total. The first-order chi connectivity index (χ1) is 53.8. The third kappa shape index (κ3) is 35.9. The fourth-order valence-corrected chi connectivity index (χ4v) is 11.2. The second-order valence-electron chi connectivity index (χ2n) is 30.0. The van der Waals surface area contributed by atoms with Crippen LogP contribution >= 0.6 is 0 Å². The number of rotatable bonds is 10. The molecule has 0 radical (unpaired) electrons. The molecule has 0 aliphatic carbocycles. The number of alkyl carbamates (subject to hydrolysis) is 1. The first-order valence-electron chi connectivity index (χ1n) is 37.0. The van der Waals surface area contributed by atoms with Gasteiger partial charge in [-0.3, -0.25) is 19.4 Å². The average molecular weight is 1670 g/mol. The molecule has 6 aliphatic rings. The maximum atomic E-state index is 12.5. The van der Waals surface area contributed by atoms with E-state index in [0.717, 1.165) is 94.4 Å². The predicted molar refractivity (Wildman–Crippen MR) is 398 cm³/mol. The molecule has 6 heterocycles. The highest BCUT2D eigenvalue weighted by Crippen LogP contribution is 2.35. The van der Waals surface area contributed by atoms with E-state index in [9.17, 15) is 89.8 Å². The fourth-order valence-electron chi connectivity index (χ4n) is 11.2. The van der Waals surface area contributed by atoms with Crippen molar-refractivity contribution in [2.45, 2.75) is 193 Å². The fraction of sp³-hybridized carbons (Fsp3) is 0.550. The van der Waals surface area contributed by atoms with Crippen molar-refractivity contribution in [3.05, 3.63) is 177 Å². The minimum absolute atomic E-state index is 0.0104. The second kappa shape index (κ2) is 44.5. The van der Waals surface area contributed by atoms with E-state index < -0.39 is 93.9 Å². The Hall–Kier alpha value is -8.33. The van der Waals surface area contributed by atoms with Gasteiger partial charge in [-0.25, -0.2) is 14.5 Å². The molecule has 5 aromatic carbocycles. The van der Waals surface area contributed by atoms with Crippen molar-refractivity contribution >= 4 is 35.5 Å². The molecule has 11 rings (SSSR count). The monoisotopic (exact) mass is 1670 g/mol. The Kier molecular flexibility index (Phi) is 37.7. The van der Waals surface area contributed by atoms with E-state index in [-0.39, 0.29) is 98.2 Å². The van der Waals surface area contributed by atoms with Crippen LogP contribution in [0.5, 0.6) is 0 Å². The van der Waals surface area contributed by atoms with E-state index in [0.29, 0.717) is 77.3 Å². The molecule has 0 bridgehead atoms. The number of carbonyl (C=O) groups is 5. The van der Waals surface area contributed by atoms with Gasteiger partial charge in [-0.2, -0.15) is 65.9 Å². The number of hydrogen-bond acceptors (Lipinski definition) is 18. The largest absolute Gasteiger partial charge is 0.444 e. The summed E-state index contributed by atoms with van der Waals surface area (Å²) in [4.78, 5) is 62.4. The molecular weight excluding hydrogens is 1570 g/mol. The van der Waals surface area contributed by atoms with Crippen molar-refractivity contribution in [2.75, 3.05) is 92.5 Å². The molecule has 21 nitrogen and oxygen atoms in total. The summed E-state index contributed by atoms with van der Waals surface area (Å²) in [5, 5.41) is 15.1. The average Bonchev–Trinajstić information content (AvgIpc) is 0.916. The standard InChI is InChI=1S/C17H22F3NO4.3C12H14F3NO.C12H12F3NO.C10H17NO4.C5H9NO2/c1-11(21-15(23)25-16(2,3)4)9-24-10-14(22)12-5-7-13(8-6-12)17(18,19)20;4*1-8-6-17-7-11(16-8)9-2-4-10(5-3-9)12(13,14)15;1-7-5-14-6-8(12)11(7)9(13)15-10(2,3)4;1-4-2-8-3-5(7)6-4/h5-8,11H,9-10H2,1-4H3,(H,21,23);3*2-5,8,11,16H,6-7H2,1H3;2-5,8H,6-7H2,1H3;7H,5-6H2,1-4H3;4H,2-3H2,1H3,(H,6,7)/t;8-,11+;8-,11-;;;;/m.01..../s1. The quantitative estimate of drug-likeness (QED) is 0.0644. The van der Waals surface area contributed by atoms with E-state index in [2.05, 4.69) is 31.6 Å². The lowest BCUT2D eigenvalue weighted by molar-refractivity contribution is -0.145. The Balaban J connectivity index is 0.000000245. The Morgan fingerprint density at radius 1 is 0.457 bits per heavy atom. The van der Waals surface area contributed by atoms with Crippen LogP contribution in [-0.4, -0.2) is 186 Å². The molecule has 0 saturated carbocycles. The molecule has 0 aromatic heterocycles. The first kappa shape index (κ1) is 98.2. The summed E-state index contributed by atoms with van der Waals surface area (Å²) >= 11 is 0. The van der Waals surface area contributed by atoms with Gasteiger partial charge in [-0.05, 0) is 173 Å². The molecular formula is C80H102F15N7O14. The van der Waals surface area contributed by atoms with E-state index >= 15 is 0 Å². The van der Waals surface area contributed by atoms with Crippen LogP contribution in [-0.2, 0) is 83.1 Å². The number of alkyl halides is 15. The highest BCUT2D eigenvalue weighted by Gasteiger charge is 2.37. The van der Waals surface area contributed by atoms with Gasteiger partial charge in [-0.15, -0.1) is 0 Å². The molecule has 10 atom stereocenters. The first-order valence-corrected chi connectivity index (χ1v) is 37.0. The number of Topliss-reactive ketones (excluding diaryl/α,β-unsaturated/α-hetero) is 1. The van der Waals surface area contributed by atoms with Gasteiger partial charge in [0.2, 0.25) is 5.91 Å². The van der Waals surface area contributed by atoms with Crippen LogP contribution in [0, 0.1) is 0 Å². The predicted octanol–water partition coefficient (Wildman–Crippen LogP) is 15.7. The maximum Gasteiger partial charge on any atom is 0.417 e. The van der Waals surface area contributed by atoms with Gasteiger partial charge in [0.25, 0.3) is 5.91 Å². The molecule has 5 fully saturated rings. The van der Waals surface area contributed by atoms with E-state index in [1.165, 1.54) is 48.5 Å². The van der Waals surface area contributed by atoms with Crippen LogP contribution in [0.1, 0.15) is 169 Å². The lowest BCUT2D eigenvalue weighted by Crippen LogP contribution is -2.52. The number of hydrogen-bond donors (Lipinski definition) is 5. The smallest absolute Gasteiger partial charge is 0.417 e. The van der Waals surface area contributed by atoms with Crippen molar-refractivity contribution in [1.82, 2.24) is 31.5 Å². The van der Waals surface area contributed by atoms with Crippen molar-refractivity contribution in [3.63, 3.8) is 0 Å². The van der Waals surface area contributed by atoms with Crippen LogP contribution in [0.15, 0.2) is 126 Å². The third-order valence-corrected chi connectivity index (χ3v) is 16.6. The van der Waals surface area contributed by atoms with Crippen molar-refractivity contribution in [3.8, 4) is 0 Å². The highest BCUT2D eigenvalue weighted by atomic mass is 19.4. The summed E-state index contributed by atoms with van der Waals surface area (Å²) < 4.78 is 233. The molecule has 5 saturated heterocycles. The number of halogens is 15. The topological polar surface area (TPSA) is 244 Å². The van der Waals surface area contributed by atoms with E-state index in [1.54, 1.807) is 55.4 Å². The number of ether oxygens (including phenoxy) is 9. The maximum absolute atomic E-state index is 12.5. The molecule has 646 valence electrons. The van der Waals surface area contributed by atoms with Crippen LogP contribution in [0.2, 0.25) is 0 Å². The van der Waals surface area contributed by atoms with Crippen LogP contribution in [0.25, 0.3) is 0 Å². The summed E-state index contributed by atoms with van der Waals surface area (Å²) in [5.74, 6) is -0.801. The van der Waals surface area contributed by atoms with Gasteiger partial charge in [0.1, 0.15) is 31.0 Å². The number of imide groups is 1. The zero-order valence-electron chi connectivity index (χ0n) is 66.5. The normalized spacial score (nSPS) is 22.3. The van der Waals surface area contributed by atoms with Crippen LogP contribution in [0.3, 0.4) is 0 Å². The summed E-state index contributed by atoms with van der Waals surface area (Å²) in [7, 11) is 0. The third-order valence-electron chi connectivity index (χ3n) is 16.6. The number of amides is 4. The Morgan fingerprint density at radius 3 is 1.14 bits per heavy atom. The van der Waals surface area contributed by atoms with Crippen molar-refractivity contribution in [2.24, 2.45) is 4.99 Å². The van der Waals surface area contributed by atoms with Gasteiger partial charge >= 0.3 is 43.1 Å². The summed E-state index contributed by atoms with van der Waals surface area (Å²) in [6, 6.07) is 24.7. The molecule has 36 heteroatoms. The van der Waals surface area contributed by atoms with Gasteiger partial charge in [0.05, 0.1) is 142 Å². The molecule has 4 amide bonds. The molecule has 5 aromatic rings. The van der Waals surface area contributed by atoms with Gasteiger partial charge < -0.3 is 69.2 Å². The Bertz CT molecular complexity index is 3700. The van der Waals surface area contributed by atoms with Gasteiger partial charge in [-0.1, -0.05) is 60.7 Å². The number of nitrogens with zero attached hydrogens (tertiary/aromatic N) is 2. The van der Waals surface area contributed by atoms with Crippen LogP contribution in [0.4, 0.5) is 75.4 Å². The number of nitrogens with one attached hydrogen (secondary N) is 5. The Morgan fingerprint density at radius 2 is 0.810 bits per heavy atom.